The van der Waals surface area contributed by atoms with Gasteiger partial charge < -0.3 is 4.74 Å². The molecule has 1 aliphatic rings. The molecule has 20 heavy (non-hydrogen) atoms. The number of sulfonamides is 1. The number of nitrogens with zero attached hydrogens (tertiary/aromatic N) is 1. The van der Waals surface area contributed by atoms with Crippen molar-refractivity contribution in [1.82, 2.24) is 4.31 Å². The third kappa shape index (κ3) is 3.46. The average molecular weight is 338 g/mol. The number of alkyl halides is 1. The fraction of sp³-hybridized carbons (Fsp3) is 0.538. The van der Waals surface area contributed by atoms with Crippen LogP contribution in [-0.4, -0.2) is 43.4 Å². The highest BCUT2D eigenvalue weighted by molar-refractivity contribution is 7.89. The van der Waals surface area contributed by atoms with Gasteiger partial charge in [-0.2, -0.15) is 4.31 Å². The van der Waals surface area contributed by atoms with E-state index in [1.807, 2.05) is 13.8 Å². The van der Waals surface area contributed by atoms with E-state index < -0.39 is 15.6 Å². The lowest BCUT2D eigenvalue weighted by Gasteiger charge is -2.41. The summed E-state index contributed by atoms with van der Waals surface area (Å²) in [5.41, 5.74) is -0.566. The summed E-state index contributed by atoms with van der Waals surface area (Å²) >= 11 is 11.7. The molecule has 0 aromatic heterocycles. The zero-order chi connectivity index (χ0) is 15.0. The summed E-state index contributed by atoms with van der Waals surface area (Å²) in [6.07, 6.45) is -0.311. The van der Waals surface area contributed by atoms with Crippen LogP contribution in [0.3, 0.4) is 0 Å². The maximum Gasteiger partial charge on any atom is 0.243 e. The van der Waals surface area contributed by atoms with E-state index in [0.717, 1.165) is 0 Å². The normalized spacial score (nSPS) is 23.7. The van der Waals surface area contributed by atoms with Crippen LogP contribution < -0.4 is 0 Å². The van der Waals surface area contributed by atoms with E-state index in [-0.39, 0.29) is 30.0 Å². The molecule has 0 aliphatic carbocycles. The minimum Gasteiger partial charge on any atom is -0.368 e. The van der Waals surface area contributed by atoms with Gasteiger partial charge in [0, 0.05) is 24.0 Å². The van der Waals surface area contributed by atoms with Crippen molar-refractivity contribution in [3.8, 4) is 0 Å². The van der Waals surface area contributed by atoms with Gasteiger partial charge in [0.1, 0.15) is 0 Å². The van der Waals surface area contributed by atoms with Crippen LogP contribution in [0.4, 0.5) is 0 Å². The second kappa shape index (κ2) is 5.81. The standard InChI is InChI=1S/C13H17Cl2NO3S/c1-13(2)9-16(8-11(7-14)19-13)20(17,18)12-5-3-4-10(15)6-12/h3-6,11H,7-9H2,1-2H3. The molecule has 1 aliphatic heterocycles. The molecule has 0 N–H and O–H groups in total. The summed E-state index contributed by atoms with van der Waals surface area (Å²) in [7, 11) is -3.59. The van der Waals surface area contributed by atoms with Crippen LogP contribution in [0.1, 0.15) is 13.8 Å². The van der Waals surface area contributed by atoms with Crippen LogP contribution in [0.25, 0.3) is 0 Å². The maximum absolute atomic E-state index is 12.7. The first kappa shape index (κ1) is 16.0. The lowest BCUT2D eigenvalue weighted by atomic mass is 10.1. The molecule has 1 aromatic rings. The Labute approximate surface area is 129 Å². The van der Waals surface area contributed by atoms with Crippen molar-refractivity contribution >= 4 is 33.2 Å². The summed E-state index contributed by atoms with van der Waals surface area (Å²) in [6, 6.07) is 6.26. The van der Waals surface area contributed by atoms with Crippen molar-refractivity contribution in [1.29, 1.82) is 0 Å². The quantitative estimate of drug-likeness (QED) is 0.796. The van der Waals surface area contributed by atoms with Crippen molar-refractivity contribution in [3.05, 3.63) is 29.3 Å². The number of halogens is 2. The minimum atomic E-state index is -3.59. The average Bonchev–Trinajstić information content (AvgIpc) is 2.36. The molecule has 1 unspecified atom stereocenters. The van der Waals surface area contributed by atoms with Gasteiger partial charge in [0.2, 0.25) is 10.0 Å². The largest absolute Gasteiger partial charge is 0.368 e. The molecule has 1 fully saturated rings. The minimum absolute atomic E-state index is 0.191. The third-order valence-electron chi connectivity index (χ3n) is 3.06. The van der Waals surface area contributed by atoms with E-state index in [1.165, 1.54) is 10.4 Å². The Hall–Kier alpha value is -0.330. The summed E-state index contributed by atoms with van der Waals surface area (Å²) in [5, 5.41) is 0.396. The van der Waals surface area contributed by atoms with Gasteiger partial charge in [-0.25, -0.2) is 8.42 Å². The van der Waals surface area contributed by atoms with Gasteiger partial charge in [0.05, 0.1) is 16.6 Å². The fourth-order valence-electron chi connectivity index (χ4n) is 2.28. The summed E-state index contributed by atoms with van der Waals surface area (Å²) in [5.74, 6) is 0.255. The first-order valence-corrected chi connectivity index (χ1v) is 8.59. The number of hydrogen-bond donors (Lipinski definition) is 0. The summed E-state index contributed by atoms with van der Waals surface area (Å²) in [4.78, 5) is 0.191. The molecule has 4 nitrogen and oxygen atoms in total. The monoisotopic (exact) mass is 337 g/mol. The molecular formula is C13H17Cl2NO3S. The molecule has 1 saturated heterocycles. The van der Waals surface area contributed by atoms with Gasteiger partial charge in [0.25, 0.3) is 0 Å². The number of hydrogen-bond acceptors (Lipinski definition) is 3. The van der Waals surface area contributed by atoms with Crippen molar-refractivity contribution in [2.75, 3.05) is 19.0 Å². The van der Waals surface area contributed by atoms with Crippen LogP contribution in [0.15, 0.2) is 29.2 Å². The predicted octanol–water partition coefficient (Wildman–Crippen LogP) is 2.75. The maximum atomic E-state index is 12.7. The van der Waals surface area contributed by atoms with Crippen LogP contribution in [0, 0.1) is 0 Å². The number of ether oxygens (including phenoxy) is 1. The van der Waals surface area contributed by atoms with Crippen molar-refractivity contribution < 1.29 is 13.2 Å². The Kier molecular flexibility index (Phi) is 4.66. The molecule has 0 spiro atoms. The van der Waals surface area contributed by atoms with Crippen molar-refractivity contribution in [3.63, 3.8) is 0 Å². The Morgan fingerprint density at radius 3 is 2.75 bits per heavy atom. The second-order valence-electron chi connectivity index (χ2n) is 5.41. The first-order valence-electron chi connectivity index (χ1n) is 6.24. The number of rotatable bonds is 3. The predicted molar refractivity (Wildman–Crippen MR) is 79.9 cm³/mol. The Morgan fingerprint density at radius 2 is 2.15 bits per heavy atom. The molecule has 7 heteroatoms. The van der Waals surface area contributed by atoms with Crippen LogP contribution >= 0.6 is 23.2 Å². The van der Waals surface area contributed by atoms with E-state index in [2.05, 4.69) is 0 Å². The summed E-state index contributed by atoms with van der Waals surface area (Å²) < 4.78 is 32.5. The van der Waals surface area contributed by atoms with E-state index in [9.17, 15) is 8.42 Å². The Bertz CT molecular complexity index is 589. The SMILES string of the molecule is CC1(C)CN(S(=O)(=O)c2cccc(Cl)c2)CC(CCl)O1. The van der Waals surface area contributed by atoms with Crippen LogP contribution in [0.2, 0.25) is 5.02 Å². The molecule has 1 aromatic carbocycles. The number of morpholine rings is 1. The molecule has 0 saturated carbocycles. The van der Waals surface area contributed by atoms with Gasteiger partial charge in [-0.15, -0.1) is 11.6 Å². The van der Waals surface area contributed by atoms with Gasteiger partial charge in [-0.1, -0.05) is 17.7 Å². The molecule has 1 atom stereocenters. The first-order chi connectivity index (χ1) is 9.24. The zero-order valence-electron chi connectivity index (χ0n) is 11.3. The topological polar surface area (TPSA) is 46.6 Å². The Balaban J connectivity index is 2.33. The molecule has 1 heterocycles. The molecule has 2 rings (SSSR count). The van der Waals surface area contributed by atoms with E-state index in [1.54, 1.807) is 18.2 Å². The van der Waals surface area contributed by atoms with Crippen molar-refractivity contribution in [2.45, 2.75) is 30.4 Å². The molecule has 112 valence electrons. The van der Waals surface area contributed by atoms with Crippen LogP contribution in [0.5, 0.6) is 0 Å². The highest BCUT2D eigenvalue weighted by Crippen LogP contribution is 2.27. The van der Waals surface area contributed by atoms with E-state index in [0.29, 0.717) is 5.02 Å². The lowest BCUT2D eigenvalue weighted by molar-refractivity contribution is -0.107. The van der Waals surface area contributed by atoms with Gasteiger partial charge >= 0.3 is 0 Å². The smallest absolute Gasteiger partial charge is 0.243 e. The van der Waals surface area contributed by atoms with E-state index in [4.69, 9.17) is 27.9 Å². The van der Waals surface area contributed by atoms with E-state index >= 15 is 0 Å². The summed E-state index contributed by atoms with van der Waals surface area (Å²) in [6.45, 7) is 4.25. The molecule has 0 bridgehead atoms. The highest BCUT2D eigenvalue weighted by atomic mass is 35.5. The zero-order valence-corrected chi connectivity index (χ0v) is 13.7. The van der Waals surface area contributed by atoms with Crippen molar-refractivity contribution in [2.24, 2.45) is 0 Å². The molecular weight excluding hydrogens is 321 g/mol. The van der Waals surface area contributed by atoms with Gasteiger partial charge in [-0.3, -0.25) is 0 Å². The van der Waals surface area contributed by atoms with Gasteiger partial charge in [-0.05, 0) is 32.0 Å². The Morgan fingerprint density at radius 1 is 1.45 bits per heavy atom. The highest BCUT2D eigenvalue weighted by Gasteiger charge is 2.39. The lowest BCUT2D eigenvalue weighted by Crippen LogP contribution is -2.55. The molecule has 0 radical (unpaired) electrons. The molecule has 0 amide bonds. The third-order valence-corrected chi connectivity index (χ3v) is 5.44. The fourth-order valence-corrected chi connectivity index (χ4v) is 4.37. The number of benzene rings is 1. The van der Waals surface area contributed by atoms with Crippen LogP contribution in [-0.2, 0) is 14.8 Å². The second-order valence-corrected chi connectivity index (χ2v) is 8.09. The van der Waals surface area contributed by atoms with Gasteiger partial charge in [0.15, 0.2) is 0 Å².